The molecule has 5 aromatic rings. The summed E-state index contributed by atoms with van der Waals surface area (Å²) >= 11 is 3.44. The van der Waals surface area contributed by atoms with Gasteiger partial charge in [0.15, 0.2) is 18.1 Å². The molecule has 3 aromatic carbocycles. The molecule has 36 heavy (non-hydrogen) atoms. The Balaban J connectivity index is 1.36. The monoisotopic (exact) mass is 541 g/mol. The molecular weight excluding hydrogens is 522 g/mol. The molecule has 1 unspecified atom stereocenters. The van der Waals surface area contributed by atoms with E-state index in [1.165, 1.54) is 0 Å². The predicted molar refractivity (Wildman–Crippen MR) is 137 cm³/mol. The van der Waals surface area contributed by atoms with Gasteiger partial charge in [-0.2, -0.15) is 0 Å². The number of oxime groups is 1. The minimum Gasteiger partial charge on any atom is -0.508 e. The van der Waals surface area contributed by atoms with E-state index in [4.69, 9.17) is 14.6 Å². The number of aromatic nitrogens is 4. The van der Waals surface area contributed by atoms with Crippen molar-refractivity contribution in [1.82, 2.24) is 19.6 Å². The van der Waals surface area contributed by atoms with E-state index in [0.717, 1.165) is 32.4 Å². The van der Waals surface area contributed by atoms with Gasteiger partial charge in [-0.1, -0.05) is 69.6 Å². The zero-order chi connectivity index (χ0) is 24.6. The van der Waals surface area contributed by atoms with Gasteiger partial charge in [0, 0.05) is 22.0 Å². The first-order chi connectivity index (χ1) is 17.6. The lowest BCUT2D eigenvalue weighted by atomic mass is 9.84. The second kappa shape index (κ2) is 9.09. The van der Waals surface area contributed by atoms with Gasteiger partial charge in [0.1, 0.15) is 17.8 Å². The second-order valence-electron chi connectivity index (χ2n) is 8.38. The quantitative estimate of drug-likeness (QED) is 0.218. The summed E-state index contributed by atoms with van der Waals surface area (Å²) in [4.78, 5) is 14.8. The maximum atomic E-state index is 10.0. The Labute approximate surface area is 215 Å². The highest BCUT2D eigenvalue weighted by molar-refractivity contribution is 9.10. The summed E-state index contributed by atoms with van der Waals surface area (Å²) in [6.45, 7) is 1.99. The lowest BCUT2D eigenvalue weighted by Gasteiger charge is -2.27. The van der Waals surface area contributed by atoms with Crippen LogP contribution in [0.15, 0.2) is 88.8 Å². The first-order valence-corrected chi connectivity index (χ1v) is 12.1. The van der Waals surface area contributed by atoms with Crippen LogP contribution in [0.3, 0.4) is 0 Å². The molecule has 2 aromatic heterocycles. The number of phenolic OH excluding ortho intramolecular Hbond substituents is 1. The summed E-state index contributed by atoms with van der Waals surface area (Å²) in [6, 6.07) is 23.1. The van der Waals surface area contributed by atoms with Crippen LogP contribution in [-0.2, 0) is 11.4 Å². The van der Waals surface area contributed by atoms with Crippen molar-refractivity contribution < 1.29 is 14.7 Å². The average Bonchev–Trinajstić information content (AvgIpc) is 3.31. The number of ether oxygens (including phenoxy) is 1. The Morgan fingerprint density at radius 2 is 1.92 bits per heavy atom. The molecule has 0 amide bonds. The molecule has 9 heteroatoms. The summed E-state index contributed by atoms with van der Waals surface area (Å²) in [7, 11) is 0. The number of rotatable bonds is 5. The number of halogens is 1. The number of hydrogen-bond acceptors (Lipinski definition) is 7. The number of nitrogens with zero attached hydrogens (tertiary/aromatic N) is 5. The highest BCUT2D eigenvalue weighted by atomic mass is 79.9. The molecule has 0 bridgehead atoms. The van der Waals surface area contributed by atoms with Crippen molar-refractivity contribution in [2.45, 2.75) is 19.4 Å². The van der Waals surface area contributed by atoms with Crippen LogP contribution in [0.4, 0.5) is 0 Å². The first kappa shape index (κ1) is 22.2. The van der Waals surface area contributed by atoms with E-state index in [0.29, 0.717) is 23.1 Å². The third-order valence-corrected chi connectivity index (χ3v) is 6.55. The Morgan fingerprint density at radius 3 is 2.72 bits per heavy atom. The van der Waals surface area contributed by atoms with Crippen molar-refractivity contribution in [1.29, 1.82) is 0 Å². The lowest BCUT2D eigenvalue weighted by Crippen LogP contribution is -2.14. The van der Waals surface area contributed by atoms with Gasteiger partial charge >= 0.3 is 0 Å². The van der Waals surface area contributed by atoms with Gasteiger partial charge in [-0.3, -0.25) is 0 Å². The summed E-state index contributed by atoms with van der Waals surface area (Å²) in [5.41, 5.74) is 5.11. The van der Waals surface area contributed by atoms with Crippen LogP contribution in [0.2, 0.25) is 0 Å². The van der Waals surface area contributed by atoms with Crippen LogP contribution in [0.5, 0.6) is 17.4 Å². The SMILES string of the molecule is CC(=NOCc1nc2c3c(ncn2n1)Oc1cc(O)ccc1C3c1ccccc1)c1ccc(Br)cc1. The standard InChI is InChI=1S/C27H20BrN5O3/c1-16(17-7-9-19(28)10-8-17)32-35-14-23-30-26-25-24(18-5-3-2-4-6-18)21-12-11-20(34)13-22(21)36-27(25)29-15-33(26)31-23/h2-13,15,24,34H,14H2,1H3. The maximum Gasteiger partial charge on any atom is 0.228 e. The molecule has 0 saturated heterocycles. The molecule has 0 fully saturated rings. The number of aromatic hydroxyl groups is 1. The van der Waals surface area contributed by atoms with Crippen molar-refractivity contribution in [2.24, 2.45) is 5.16 Å². The van der Waals surface area contributed by atoms with E-state index in [-0.39, 0.29) is 18.3 Å². The highest BCUT2D eigenvalue weighted by Crippen LogP contribution is 2.48. The van der Waals surface area contributed by atoms with Gasteiger partial charge in [-0.15, -0.1) is 5.10 Å². The van der Waals surface area contributed by atoms with Gasteiger partial charge in [-0.05, 0) is 36.2 Å². The van der Waals surface area contributed by atoms with Crippen LogP contribution in [0, 0.1) is 0 Å². The van der Waals surface area contributed by atoms with Gasteiger partial charge in [0.25, 0.3) is 0 Å². The maximum absolute atomic E-state index is 10.0. The van der Waals surface area contributed by atoms with Crippen molar-refractivity contribution in [3.63, 3.8) is 0 Å². The van der Waals surface area contributed by atoms with Gasteiger partial charge < -0.3 is 14.7 Å². The minimum atomic E-state index is -0.197. The summed E-state index contributed by atoms with van der Waals surface area (Å²) < 4.78 is 8.72. The van der Waals surface area contributed by atoms with Crippen molar-refractivity contribution >= 4 is 27.3 Å². The fraction of sp³-hybridized carbons (Fsp3) is 0.111. The molecule has 6 rings (SSSR count). The normalized spacial score (nSPS) is 14.7. The van der Waals surface area contributed by atoms with Crippen LogP contribution in [-0.4, -0.2) is 30.4 Å². The van der Waals surface area contributed by atoms with E-state index in [1.54, 1.807) is 23.0 Å². The molecule has 0 saturated carbocycles. The molecular formula is C27H20BrN5O3. The van der Waals surface area contributed by atoms with Crippen LogP contribution in [0.1, 0.15) is 40.9 Å². The van der Waals surface area contributed by atoms with Gasteiger partial charge in [-0.25, -0.2) is 14.5 Å². The van der Waals surface area contributed by atoms with Crippen LogP contribution >= 0.6 is 15.9 Å². The van der Waals surface area contributed by atoms with E-state index < -0.39 is 0 Å². The minimum absolute atomic E-state index is 0.103. The summed E-state index contributed by atoms with van der Waals surface area (Å²) in [6.07, 6.45) is 1.57. The van der Waals surface area contributed by atoms with Gasteiger partial charge in [0.05, 0.1) is 11.3 Å². The molecule has 1 N–H and O–H groups in total. The van der Waals surface area contributed by atoms with Crippen molar-refractivity contribution in [3.05, 3.63) is 112 Å². The summed E-state index contributed by atoms with van der Waals surface area (Å²) in [5, 5.41) is 18.8. The average molecular weight is 542 g/mol. The van der Waals surface area contributed by atoms with E-state index in [9.17, 15) is 5.11 Å². The second-order valence-corrected chi connectivity index (χ2v) is 9.30. The molecule has 0 spiro atoms. The molecule has 3 heterocycles. The van der Waals surface area contributed by atoms with E-state index in [2.05, 4.69) is 43.3 Å². The number of hydrogen-bond donors (Lipinski definition) is 1. The zero-order valence-corrected chi connectivity index (χ0v) is 20.8. The van der Waals surface area contributed by atoms with Crippen molar-refractivity contribution in [3.8, 4) is 17.4 Å². The fourth-order valence-corrected chi connectivity index (χ4v) is 4.60. The zero-order valence-electron chi connectivity index (χ0n) is 19.2. The molecule has 1 aliphatic rings. The lowest BCUT2D eigenvalue weighted by molar-refractivity contribution is 0.125. The topological polar surface area (TPSA) is 94.1 Å². The highest BCUT2D eigenvalue weighted by Gasteiger charge is 2.33. The first-order valence-electron chi connectivity index (χ1n) is 11.3. The Kier molecular flexibility index (Phi) is 5.61. The third-order valence-electron chi connectivity index (χ3n) is 6.02. The largest absolute Gasteiger partial charge is 0.508 e. The van der Waals surface area contributed by atoms with Crippen molar-refractivity contribution in [2.75, 3.05) is 0 Å². The number of fused-ring (bicyclic) bond motifs is 4. The van der Waals surface area contributed by atoms with Gasteiger partial charge in [0.2, 0.25) is 5.88 Å². The predicted octanol–water partition coefficient (Wildman–Crippen LogP) is 5.82. The Hall–Kier alpha value is -4.24. The molecule has 1 aliphatic heterocycles. The van der Waals surface area contributed by atoms with Crippen LogP contribution in [0.25, 0.3) is 5.65 Å². The molecule has 178 valence electrons. The number of phenols is 1. The van der Waals surface area contributed by atoms with Crippen LogP contribution < -0.4 is 4.74 Å². The van der Waals surface area contributed by atoms with E-state index in [1.807, 2.05) is 55.5 Å². The number of benzene rings is 3. The summed E-state index contributed by atoms with van der Waals surface area (Å²) in [5.74, 6) is 1.40. The van der Waals surface area contributed by atoms with E-state index >= 15 is 0 Å². The fourth-order valence-electron chi connectivity index (χ4n) is 4.33. The molecule has 8 nitrogen and oxygen atoms in total. The Bertz CT molecular complexity index is 1600. The Morgan fingerprint density at radius 1 is 1.11 bits per heavy atom. The molecule has 0 aliphatic carbocycles. The molecule has 0 radical (unpaired) electrons. The smallest absolute Gasteiger partial charge is 0.228 e. The third kappa shape index (κ3) is 4.07. The molecule has 1 atom stereocenters.